The van der Waals surface area contributed by atoms with Gasteiger partial charge >= 0.3 is 0 Å². The highest BCUT2D eigenvalue weighted by atomic mass is 14.0. The molecule has 0 amide bonds. The van der Waals surface area contributed by atoms with Crippen molar-refractivity contribution < 1.29 is 0 Å². The van der Waals surface area contributed by atoms with Crippen LogP contribution in [-0.2, 0) is 6.42 Å². The quantitative estimate of drug-likeness (QED) is 0.688. The zero-order valence-electron chi connectivity index (χ0n) is 11.7. The minimum absolute atomic E-state index is 1.12. The third-order valence-electron chi connectivity index (χ3n) is 3.29. The Bertz CT molecular complexity index is 597. The van der Waals surface area contributed by atoms with E-state index in [0.29, 0.717) is 0 Å². The molecule has 0 saturated carbocycles. The van der Waals surface area contributed by atoms with E-state index in [1.807, 2.05) is 6.07 Å². The Kier molecular flexibility index (Phi) is 4.81. The first-order valence-corrected chi connectivity index (χ1v) is 6.97. The standard InChI is InChI=1S/C19H20/c1-3-4-10-18-12-7-8-13-19(18)15-14-17-11-6-5-9-16(17)2/h5-9,11-13H,3-4,10H2,1-2H3. The highest BCUT2D eigenvalue weighted by Crippen LogP contribution is 2.12. The molecule has 2 aromatic carbocycles. The van der Waals surface area contributed by atoms with Crippen molar-refractivity contribution in [3.05, 3.63) is 70.8 Å². The van der Waals surface area contributed by atoms with Crippen molar-refractivity contribution in [3.63, 3.8) is 0 Å². The third kappa shape index (κ3) is 3.73. The van der Waals surface area contributed by atoms with Crippen LogP contribution < -0.4 is 0 Å². The summed E-state index contributed by atoms with van der Waals surface area (Å²) in [7, 11) is 0. The molecule has 0 heteroatoms. The Hall–Kier alpha value is -2.00. The smallest absolute Gasteiger partial charge is 0.0281 e. The van der Waals surface area contributed by atoms with Crippen molar-refractivity contribution >= 4 is 0 Å². The summed E-state index contributed by atoms with van der Waals surface area (Å²) in [6.07, 6.45) is 3.57. The second kappa shape index (κ2) is 6.81. The number of benzene rings is 2. The zero-order valence-corrected chi connectivity index (χ0v) is 11.7. The molecule has 2 rings (SSSR count). The van der Waals surface area contributed by atoms with Gasteiger partial charge in [0.15, 0.2) is 0 Å². The van der Waals surface area contributed by atoms with Crippen LogP contribution in [0.5, 0.6) is 0 Å². The molecule has 0 saturated heterocycles. The summed E-state index contributed by atoms with van der Waals surface area (Å²) < 4.78 is 0. The molecule has 0 radical (unpaired) electrons. The number of hydrogen-bond acceptors (Lipinski definition) is 0. The first-order chi connectivity index (χ1) is 9.31. The van der Waals surface area contributed by atoms with E-state index in [4.69, 9.17) is 0 Å². The second-order valence-corrected chi connectivity index (χ2v) is 4.83. The molecule has 0 atom stereocenters. The number of aryl methyl sites for hydroxylation is 2. The van der Waals surface area contributed by atoms with Crippen LogP contribution in [0.1, 0.15) is 42.0 Å². The first kappa shape index (κ1) is 13.4. The van der Waals surface area contributed by atoms with E-state index in [0.717, 1.165) is 12.0 Å². The van der Waals surface area contributed by atoms with Crippen molar-refractivity contribution in [2.24, 2.45) is 0 Å². The van der Waals surface area contributed by atoms with Gasteiger partial charge in [-0.15, -0.1) is 0 Å². The molecule has 2 aromatic rings. The molecule has 0 N–H and O–H groups in total. The van der Waals surface area contributed by atoms with Gasteiger partial charge < -0.3 is 0 Å². The van der Waals surface area contributed by atoms with E-state index < -0.39 is 0 Å². The predicted octanol–water partition coefficient (Wildman–Crippen LogP) is 4.74. The Morgan fingerprint density at radius 1 is 0.842 bits per heavy atom. The largest absolute Gasteiger partial charge is 0.0654 e. The highest BCUT2D eigenvalue weighted by molar-refractivity contribution is 5.48. The maximum atomic E-state index is 3.33. The van der Waals surface area contributed by atoms with Crippen molar-refractivity contribution in [3.8, 4) is 11.8 Å². The van der Waals surface area contributed by atoms with Gasteiger partial charge in [-0.2, -0.15) is 0 Å². The minimum Gasteiger partial charge on any atom is -0.0654 e. The average Bonchev–Trinajstić information content (AvgIpc) is 2.45. The van der Waals surface area contributed by atoms with Gasteiger partial charge in [-0.3, -0.25) is 0 Å². The molecular formula is C19H20. The van der Waals surface area contributed by atoms with Crippen LogP contribution in [0.25, 0.3) is 0 Å². The van der Waals surface area contributed by atoms with E-state index >= 15 is 0 Å². The van der Waals surface area contributed by atoms with E-state index in [1.54, 1.807) is 0 Å². The number of hydrogen-bond donors (Lipinski definition) is 0. The van der Waals surface area contributed by atoms with Gasteiger partial charge in [0.1, 0.15) is 0 Å². The molecule has 0 bridgehead atoms. The molecule has 0 spiro atoms. The van der Waals surface area contributed by atoms with Crippen LogP contribution in [0.3, 0.4) is 0 Å². The van der Waals surface area contributed by atoms with Gasteiger partial charge in [-0.05, 0) is 43.0 Å². The first-order valence-electron chi connectivity index (χ1n) is 6.97. The summed E-state index contributed by atoms with van der Waals surface area (Å²) in [5.74, 6) is 6.63. The Balaban J connectivity index is 2.27. The van der Waals surface area contributed by atoms with Crippen molar-refractivity contribution in [1.29, 1.82) is 0 Å². The molecule has 19 heavy (non-hydrogen) atoms. The molecule has 0 aromatic heterocycles. The summed E-state index contributed by atoms with van der Waals surface area (Å²) >= 11 is 0. The van der Waals surface area contributed by atoms with Gasteiger partial charge in [0, 0.05) is 11.1 Å². The van der Waals surface area contributed by atoms with Gasteiger partial charge in [0.25, 0.3) is 0 Å². The normalized spacial score (nSPS) is 9.79. The third-order valence-corrected chi connectivity index (χ3v) is 3.29. The fraction of sp³-hybridized carbons (Fsp3) is 0.263. The van der Waals surface area contributed by atoms with Crippen LogP contribution in [-0.4, -0.2) is 0 Å². The monoisotopic (exact) mass is 248 g/mol. The Morgan fingerprint density at radius 3 is 2.21 bits per heavy atom. The van der Waals surface area contributed by atoms with Gasteiger partial charge in [0.2, 0.25) is 0 Å². The molecule has 96 valence electrons. The van der Waals surface area contributed by atoms with Crippen molar-refractivity contribution in [1.82, 2.24) is 0 Å². The SMILES string of the molecule is CCCCc1ccccc1C#Cc1ccccc1C. The topological polar surface area (TPSA) is 0 Å². The summed E-state index contributed by atoms with van der Waals surface area (Å²) in [6, 6.07) is 16.8. The summed E-state index contributed by atoms with van der Waals surface area (Å²) in [5.41, 5.74) is 4.89. The van der Waals surface area contributed by atoms with Gasteiger partial charge in [0.05, 0.1) is 0 Å². The minimum atomic E-state index is 1.12. The van der Waals surface area contributed by atoms with Crippen LogP contribution in [0, 0.1) is 18.8 Å². The maximum absolute atomic E-state index is 3.33. The molecular weight excluding hydrogens is 228 g/mol. The van der Waals surface area contributed by atoms with Crippen LogP contribution in [0.15, 0.2) is 48.5 Å². The number of rotatable bonds is 3. The second-order valence-electron chi connectivity index (χ2n) is 4.83. The summed E-state index contributed by atoms with van der Waals surface area (Å²) in [6.45, 7) is 4.33. The Morgan fingerprint density at radius 2 is 1.47 bits per heavy atom. The van der Waals surface area contributed by atoms with Gasteiger partial charge in [-0.1, -0.05) is 61.6 Å². The van der Waals surface area contributed by atoms with Crippen LogP contribution >= 0.6 is 0 Å². The lowest BCUT2D eigenvalue weighted by atomic mass is 10.0. The summed E-state index contributed by atoms with van der Waals surface area (Å²) in [4.78, 5) is 0. The molecule has 0 aliphatic heterocycles. The number of unbranched alkanes of at least 4 members (excludes halogenated alkanes) is 1. The lowest BCUT2D eigenvalue weighted by molar-refractivity contribution is 0.794. The molecule has 0 fully saturated rings. The van der Waals surface area contributed by atoms with E-state index in [1.165, 1.54) is 29.5 Å². The molecule has 0 aliphatic carbocycles. The molecule has 0 heterocycles. The molecule has 0 aliphatic rings. The lowest BCUT2D eigenvalue weighted by Gasteiger charge is -2.03. The molecule has 0 unspecified atom stereocenters. The van der Waals surface area contributed by atoms with Crippen LogP contribution in [0.4, 0.5) is 0 Å². The highest BCUT2D eigenvalue weighted by Gasteiger charge is 1.98. The van der Waals surface area contributed by atoms with Crippen LogP contribution in [0.2, 0.25) is 0 Å². The maximum Gasteiger partial charge on any atom is 0.0281 e. The molecule has 0 nitrogen and oxygen atoms in total. The Labute approximate surface area is 116 Å². The van der Waals surface area contributed by atoms with E-state index in [9.17, 15) is 0 Å². The zero-order chi connectivity index (χ0) is 13.5. The van der Waals surface area contributed by atoms with Gasteiger partial charge in [-0.25, -0.2) is 0 Å². The average molecular weight is 248 g/mol. The van der Waals surface area contributed by atoms with E-state index in [-0.39, 0.29) is 0 Å². The van der Waals surface area contributed by atoms with E-state index in [2.05, 4.69) is 68.2 Å². The predicted molar refractivity (Wildman–Crippen MR) is 82.2 cm³/mol. The fourth-order valence-corrected chi connectivity index (χ4v) is 2.08. The fourth-order valence-electron chi connectivity index (χ4n) is 2.08. The van der Waals surface area contributed by atoms with Crippen molar-refractivity contribution in [2.45, 2.75) is 33.1 Å². The lowest BCUT2D eigenvalue weighted by Crippen LogP contribution is -1.90. The van der Waals surface area contributed by atoms with Crippen molar-refractivity contribution in [2.75, 3.05) is 0 Å². The summed E-state index contributed by atoms with van der Waals surface area (Å²) in [5, 5.41) is 0.